The van der Waals surface area contributed by atoms with Gasteiger partial charge in [-0.15, -0.1) is 0 Å². The highest BCUT2D eigenvalue weighted by molar-refractivity contribution is 5.48. The summed E-state index contributed by atoms with van der Waals surface area (Å²) in [7, 11) is 0. The summed E-state index contributed by atoms with van der Waals surface area (Å²) in [6, 6.07) is 0. The summed E-state index contributed by atoms with van der Waals surface area (Å²) in [5, 5.41) is 0. The maximum absolute atomic E-state index is 12.5. The van der Waals surface area contributed by atoms with Crippen LogP contribution in [0.5, 0.6) is 0 Å². The van der Waals surface area contributed by atoms with Gasteiger partial charge in [0.25, 0.3) is 5.92 Å². The summed E-state index contributed by atoms with van der Waals surface area (Å²) in [6.07, 6.45) is 3.00. The number of halogens is 2. The average Bonchev–Trinajstić information content (AvgIpc) is 2.01. The van der Waals surface area contributed by atoms with Crippen LogP contribution in [0.15, 0.2) is 12.5 Å². The number of aryl methyl sites for hydroxylation is 1. The molecular weight excluding hydrogens is 176 g/mol. The molecule has 1 aliphatic heterocycles. The van der Waals surface area contributed by atoms with Crippen LogP contribution in [0.4, 0.5) is 14.6 Å². The van der Waals surface area contributed by atoms with Crippen molar-refractivity contribution in [3.8, 4) is 0 Å². The number of nitrogens with zero attached hydrogens (tertiary/aromatic N) is 3. The lowest BCUT2D eigenvalue weighted by Crippen LogP contribution is -2.56. The van der Waals surface area contributed by atoms with Gasteiger partial charge in [-0.25, -0.2) is 18.7 Å². The van der Waals surface area contributed by atoms with Crippen molar-refractivity contribution in [2.24, 2.45) is 0 Å². The highest BCUT2D eigenvalue weighted by Gasteiger charge is 2.44. The van der Waals surface area contributed by atoms with E-state index in [1.165, 1.54) is 6.33 Å². The molecule has 70 valence electrons. The fraction of sp³-hybridized carbons (Fsp3) is 0.500. The Bertz CT molecular complexity index is 319. The molecule has 0 radical (unpaired) electrons. The summed E-state index contributed by atoms with van der Waals surface area (Å²) in [4.78, 5) is 9.30. The van der Waals surface area contributed by atoms with Gasteiger partial charge >= 0.3 is 0 Å². The fourth-order valence-corrected chi connectivity index (χ4v) is 1.39. The first kappa shape index (κ1) is 8.34. The van der Waals surface area contributed by atoms with E-state index in [0.717, 1.165) is 5.56 Å². The first-order chi connectivity index (χ1) is 6.08. The Labute approximate surface area is 74.4 Å². The number of hydrogen-bond donors (Lipinski definition) is 0. The van der Waals surface area contributed by atoms with Gasteiger partial charge in [0.2, 0.25) is 0 Å². The molecule has 1 fully saturated rings. The van der Waals surface area contributed by atoms with Gasteiger partial charge in [-0.3, -0.25) is 0 Å². The molecule has 1 aromatic heterocycles. The first-order valence-corrected chi connectivity index (χ1v) is 3.98. The van der Waals surface area contributed by atoms with Crippen molar-refractivity contribution in [2.75, 3.05) is 18.0 Å². The molecule has 0 N–H and O–H groups in total. The van der Waals surface area contributed by atoms with Gasteiger partial charge in [-0.2, -0.15) is 0 Å². The second kappa shape index (κ2) is 2.61. The number of anilines is 1. The van der Waals surface area contributed by atoms with E-state index in [2.05, 4.69) is 9.97 Å². The van der Waals surface area contributed by atoms with Crippen LogP contribution in [0.1, 0.15) is 5.56 Å². The van der Waals surface area contributed by atoms with Gasteiger partial charge < -0.3 is 4.90 Å². The SMILES string of the molecule is Cc1cncnc1N1CC(F)(F)C1. The normalized spacial score (nSPS) is 19.8. The first-order valence-electron chi connectivity index (χ1n) is 3.98. The minimum absolute atomic E-state index is 0.231. The maximum atomic E-state index is 12.5. The minimum atomic E-state index is -2.54. The Balaban J connectivity index is 2.16. The van der Waals surface area contributed by atoms with Crippen LogP contribution in [0.25, 0.3) is 0 Å². The summed E-state index contributed by atoms with van der Waals surface area (Å²) >= 11 is 0. The minimum Gasteiger partial charge on any atom is -0.344 e. The molecule has 0 spiro atoms. The summed E-state index contributed by atoms with van der Waals surface area (Å²) in [5.41, 5.74) is 0.831. The molecule has 1 aromatic rings. The van der Waals surface area contributed by atoms with E-state index in [-0.39, 0.29) is 13.1 Å². The lowest BCUT2D eigenvalue weighted by atomic mass is 10.1. The number of aromatic nitrogens is 2. The topological polar surface area (TPSA) is 29.0 Å². The number of hydrogen-bond acceptors (Lipinski definition) is 3. The van der Waals surface area contributed by atoms with Crippen LogP contribution in [0.3, 0.4) is 0 Å². The molecule has 3 nitrogen and oxygen atoms in total. The third-order valence-electron chi connectivity index (χ3n) is 2.01. The average molecular weight is 185 g/mol. The van der Waals surface area contributed by atoms with Gasteiger partial charge in [0, 0.05) is 11.8 Å². The van der Waals surface area contributed by atoms with Crippen molar-refractivity contribution in [3.63, 3.8) is 0 Å². The van der Waals surface area contributed by atoms with Crippen molar-refractivity contribution in [1.29, 1.82) is 0 Å². The molecule has 0 atom stereocenters. The Morgan fingerprint density at radius 2 is 2.15 bits per heavy atom. The highest BCUT2D eigenvalue weighted by atomic mass is 19.3. The number of rotatable bonds is 1. The van der Waals surface area contributed by atoms with Gasteiger partial charge in [-0.1, -0.05) is 0 Å². The predicted molar refractivity (Wildman–Crippen MR) is 43.9 cm³/mol. The van der Waals surface area contributed by atoms with Crippen LogP contribution in [-0.4, -0.2) is 29.0 Å². The van der Waals surface area contributed by atoms with E-state index in [0.29, 0.717) is 5.82 Å². The molecule has 5 heteroatoms. The van der Waals surface area contributed by atoms with Crippen molar-refractivity contribution >= 4 is 5.82 Å². The quantitative estimate of drug-likeness (QED) is 0.659. The van der Waals surface area contributed by atoms with Gasteiger partial charge in [0.15, 0.2) is 0 Å². The van der Waals surface area contributed by atoms with E-state index in [9.17, 15) is 8.78 Å². The third kappa shape index (κ3) is 1.46. The zero-order chi connectivity index (χ0) is 9.47. The third-order valence-corrected chi connectivity index (χ3v) is 2.01. The predicted octanol–water partition coefficient (Wildman–Crippen LogP) is 1.24. The Morgan fingerprint density at radius 3 is 2.69 bits per heavy atom. The maximum Gasteiger partial charge on any atom is 0.282 e. The van der Waals surface area contributed by atoms with Crippen molar-refractivity contribution in [2.45, 2.75) is 12.8 Å². The molecule has 13 heavy (non-hydrogen) atoms. The van der Waals surface area contributed by atoms with Crippen LogP contribution in [-0.2, 0) is 0 Å². The van der Waals surface area contributed by atoms with E-state index in [1.807, 2.05) is 6.92 Å². The smallest absolute Gasteiger partial charge is 0.282 e. The van der Waals surface area contributed by atoms with Crippen molar-refractivity contribution in [3.05, 3.63) is 18.1 Å². The molecule has 1 saturated heterocycles. The molecule has 0 unspecified atom stereocenters. The van der Waals surface area contributed by atoms with Gasteiger partial charge in [-0.05, 0) is 6.92 Å². The Morgan fingerprint density at radius 1 is 1.46 bits per heavy atom. The molecule has 0 aromatic carbocycles. The van der Waals surface area contributed by atoms with Crippen LogP contribution >= 0.6 is 0 Å². The molecule has 0 bridgehead atoms. The summed E-state index contributed by atoms with van der Waals surface area (Å²) < 4.78 is 25.0. The van der Waals surface area contributed by atoms with Crippen molar-refractivity contribution in [1.82, 2.24) is 9.97 Å². The van der Waals surface area contributed by atoms with Crippen molar-refractivity contribution < 1.29 is 8.78 Å². The van der Waals surface area contributed by atoms with Crippen LogP contribution in [0.2, 0.25) is 0 Å². The van der Waals surface area contributed by atoms with E-state index < -0.39 is 5.92 Å². The molecule has 2 rings (SSSR count). The molecule has 0 aliphatic carbocycles. The lowest BCUT2D eigenvalue weighted by molar-refractivity contribution is -0.0267. The zero-order valence-electron chi connectivity index (χ0n) is 7.17. The molecule has 0 saturated carbocycles. The zero-order valence-corrected chi connectivity index (χ0v) is 7.17. The Hall–Kier alpha value is -1.26. The standard InChI is InChI=1S/C8H9F2N3/c1-6-2-11-5-12-7(6)13-3-8(9,10)4-13/h2,5H,3-4H2,1H3. The van der Waals surface area contributed by atoms with E-state index >= 15 is 0 Å². The summed E-state index contributed by atoms with van der Waals surface area (Å²) in [6.45, 7) is 1.35. The molecule has 0 amide bonds. The van der Waals surface area contributed by atoms with Gasteiger partial charge in [0.1, 0.15) is 12.1 Å². The van der Waals surface area contributed by atoms with E-state index in [1.54, 1.807) is 11.1 Å². The van der Waals surface area contributed by atoms with Gasteiger partial charge in [0.05, 0.1) is 13.1 Å². The van der Waals surface area contributed by atoms with Crippen LogP contribution < -0.4 is 4.90 Å². The molecular formula is C8H9F2N3. The van der Waals surface area contributed by atoms with Crippen LogP contribution in [0, 0.1) is 6.92 Å². The largest absolute Gasteiger partial charge is 0.344 e. The molecule has 1 aliphatic rings. The monoisotopic (exact) mass is 185 g/mol. The lowest BCUT2D eigenvalue weighted by Gasteiger charge is -2.39. The fourth-order valence-electron chi connectivity index (χ4n) is 1.39. The molecule has 2 heterocycles. The summed E-state index contributed by atoms with van der Waals surface area (Å²) in [5.74, 6) is -1.93. The number of alkyl halides is 2. The Kier molecular flexibility index (Phi) is 1.68. The second-order valence-electron chi connectivity index (χ2n) is 3.24. The second-order valence-corrected chi connectivity index (χ2v) is 3.24. The van der Waals surface area contributed by atoms with E-state index in [4.69, 9.17) is 0 Å². The highest BCUT2D eigenvalue weighted by Crippen LogP contribution is 2.31.